The first kappa shape index (κ1) is 17.4. The molecule has 0 atom stereocenters. The highest BCUT2D eigenvalue weighted by Crippen LogP contribution is 2.30. The van der Waals surface area contributed by atoms with Crippen LogP contribution in [0.15, 0.2) is 36.4 Å². The lowest BCUT2D eigenvalue weighted by Gasteiger charge is -2.13. The van der Waals surface area contributed by atoms with Crippen molar-refractivity contribution in [3.63, 3.8) is 0 Å². The fourth-order valence-electron chi connectivity index (χ4n) is 2.95. The van der Waals surface area contributed by atoms with E-state index in [2.05, 4.69) is 70.5 Å². The minimum absolute atomic E-state index is 0.365. The molecule has 0 saturated carbocycles. The van der Waals surface area contributed by atoms with E-state index in [1.165, 1.54) is 4.90 Å². The molecule has 2 N–H and O–H groups in total. The summed E-state index contributed by atoms with van der Waals surface area (Å²) in [7, 11) is 4.32. The number of aromatic nitrogens is 3. The molecular formula is C20H28N5+. The summed E-state index contributed by atoms with van der Waals surface area (Å²) in [5.74, 6) is 1.38. The average Bonchev–Trinajstić information content (AvgIpc) is 2.91. The maximum atomic E-state index is 4.93. The van der Waals surface area contributed by atoms with Crippen LogP contribution in [0.4, 0.5) is 5.82 Å². The Hall–Kier alpha value is -2.40. The number of quaternary nitrogens is 1. The quantitative estimate of drug-likeness (QED) is 0.725. The number of nitrogens with zero attached hydrogens (tertiary/aromatic N) is 3. The molecule has 5 heteroatoms. The second kappa shape index (κ2) is 7.23. The van der Waals surface area contributed by atoms with Crippen LogP contribution in [0.2, 0.25) is 0 Å². The molecule has 2 aromatic heterocycles. The van der Waals surface area contributed by atoms with Crippen LogP contribution in [0.25, 0.3) is 16.8 Å². The molecule has 0 spiro atoms. The van der Waals surface area contributed by atoms with Gasteiger partial charge in [-0.2, -0.15) is 9.61 Å². The fourth-order valence-corrected chi connectivity index (χ4v) is 2.95. The molecule has 0 amide bonds. The third kappa shape index (κ3) is 3.66. The van der Waals surface area contributed by atoms with Crippen molar-refractivity contribution in [1.29, 1.82) is 0 Å². The van der Waals surface area contributed by atoms with Gasteiger partial charge in [0.05, 0.1) is 32.9 Å². The molecule has 25 heavy (non-hydrogen) atoms. The lowest BCUT2D eigenvalue weighted by atomic mass is 10.1. The Bertz CT molecular complexity index is 849. The van der Waals surface area contributed by atoms with Gasteiger partial charge in [0.15, 0.2) is 5.65 Å². The minimum atomic E-state index is 0.365. The van der Waals surface area contributed by atoms with E-state index in [1.807, 2.05) is 10.6 Å². The van der Waals surface area contributed by atoms with Crippen LogP contribution < -0.4 is 10.2 Å². The van der Waals surface area contributed by atoms with E-state index in [4.69, 9.17) is 10.1 Å². The maximum absolute atomic E-state index is 4.93. The molecule has 0 saturated heterocycles. The highest BCUT2D eigenvalue weighted by Gasteiger charge is 2.17. The second-order valence-electron chi connectivity index (χ2n) is 7.17. The van der Waals surface area contributed by atoms with Crippen molar-refractivity contribution >= 4 is 11.5 Å². The normalized spacial score (nSPS) is 11.6. The molecule has 0 aliphatic rings. The maximum Gasteiger partial charge on any atom is 0.165 e. The minimum Gasteiger partial charge on any atom is -0.364 e. The topological polar surface area (TPSA) is 46.7 Å². The molecule has 3 aromatic rings. The summed E-state index contributed by atoms with van der Waals surface area (Å²) in [5.41, 5.74) is 5.29. The van der Waals surface area contributed by atoms with Gasteiger partial charge in [0.1, 0.15) is 5.82 Å². The van der Waals surface area contributed by atoms with Gasteiger partial charge in [-0.3, -0.25) is 0 Å². The lowest BCUT2D eigenvalue weighted by molar-refractivity contribution is -0.856. The van der Waals surface area contributed by atoms with E-state index in [1.54, 1.807) is 0 Å². The Morgan fingerprint density at radius 3 is 2.52 bits per heavy atom. The number of nitrogens with one attached hydrogen (secondary N) is 2. The highest BCUT2D eigenvalue weighted by atomic mass is 15.3. The van der Waals surface area contributed by atoms with Gasteiger partial charge in [-0.05, 0) is 18.4 Å². The van der Waals surface area contributed by atoms with Gasteiger partial charge in [0.2, 0.25) is 0 Å². The molecule has 0 unspecified atom stereocenters. The van der Waals surface area contributed by atoms with Gasteiger partial charge >= 0.3 is 0 Å². The van der Waals surface area contributed by atoms with Crippen molar-refractivity contribution in [1.82, 2.24) is 14.6 Å². The van der Waals surface area contributed by atoms with Crippen LogP contribution in [-0.2, 0) is 0 Å². The Balaban J connectivity index is 2.13. The first-order chi connectivity index (χ1) is 12.0. The number of hydrogen-bond donors (Lipinski definition) is 2. The molecule has 0 fully saturated rings. The van der Waals surface area contributed by atoms with Crippen LogP contribution in [0, 0.1) is 6.92 Å². The monoisotopic (exact) mass is 338 g/mol. The van der Waals surface area contributed by atoms with Crippen LogP contribution in [0.5, 0.6) is 0 Å². The summed E-state index contributed by atoms with van der Waals surface area (Å²) in [4.78, 5) is 6.35. The standard InChI is InChI=1S/C20H27N5/c1-14(2)17-13-18(21-11-12-24(4)5)25-20(22-17)19(15(3)23-25)16-9-7-6-8-10-16/h6-10,13-14,21H,11-12H2,1-5H3/p+1. The number of rotatable bonds is 6. The number of hydrogen-bond acceptors (Lipinski definition) is 3. The SMILES string of the molecule is Cc1nn2c(NCC[NH+](C)C)cc(C(C)C)nc2c1-c1ccccc1. The van der Waals surface area contributed by atoms with Crippen molar-refractivity contribution in [2.24, 2.45) is 0 Å². The number of likely N-dealkylation sites (N-methyl/N-ethyl adjacent to an activating group) is 1. The molecule has 2 heterocycles. The highest BCUT2D eigenvalue weighted by molar-refractivity contribution is 5.80. The molecule has 132 valence electrons. The molecule has 0 aliphatic carbocycles. The predicted molar refractivity (Wildman–Crippen MR) is 103 cm³/mol. The summed E-state index contributed by atoms with van der Waals surface area (Å²) in [6.45, 7) is 8.36. The summed E-state index contributed by atoms with van der Waals surface area (Å²) in [6.07, 6.45) is 0. The van der Waals surface area contributed by atoms with Gasteiger partial charge in [-0.15, -0.1) is 0 Å². The molecule has 3 rings (SSSR count). The smallest absolute Gasteiger partial charge is 0.165 e. The zero-order chi connectivity index (χ0) is 18.0. The Morgan fingerprint density at radius 2 is 1.88 bits per heavy atom. The molecule has 0 bridgehead atoms. The van der Waals surface area contributed by atoms with Gasteiger partial charge in [-0.25, -0.2) is 4.98 Å². The second-order valence-corrected chi connectivity index (χ2v) is 7.17. The Kier molecular flexibility index (Phi) is 5.04. The first-order valence-corrected chi connectivity index (χ1v) is 8.96. The van der Waals surface area contributed by atoms with Crippen LogP contribution in [-0.4, -0.2) is 41.8 Å². The number of fused-ring (bicyclic) bond motifs is 1. The van der Waals surface area contributed by atoms with Crippen molar-refractivity contribution in [2.45, 2.75) is 26.7 Å². The summed E-state index contributed by atoms with van der Waals surface area (Å²) >= 11 is 0. The van der Waals surface area contributed by atoms with Gasteiger partial charge in [-0.1, -0.05) is 44.2 Å². The Morgan fingerprint density at radius 1 is 1.16 bits per heavy atom. The van der Waals surface area contributed by atoms with E-state index < -0.39 is 0 Å². The van der Waals surface area contributed by atoms with Crippen LogP contribution >= 0.6 is 0 Å². The largest absolute Gasteiger partial charge is 0.364 e. The first-order valence-electron chi connectivity index (χ1n) is 8.96. The zero-order valence-electron chi connectivity index (χ0n) is 15.8. The third-order valence-corrected chi connectivity index (χ3v) is 4.37. The molecule has 5 nitrogen and oxygen atoms in total. The molecule has 0 aliphatic heterocycles. The van der Waals surface area contributed by atoms with Gasteiger partial charge in [0, 0.05) is 17.3 Å². The Labute approximate surface area is 149 Å². The number of aryl methyl sites for hydroxylation is 1. The summed E-state index contributed by atoms with van der Waals surface area (Å²) in [6, 6.07) is 12.5. The fraction of sp³-hybridized carbons (Fsp3) is 0.400. The lowest BCUT2D eigenvalue weighted by Crippen LogP contribution is -3.06. The summed E-state index contributed by atoms with van der Waals surface area (Å²) < 4.78 is 1.95. The van der Waals surface area contributed by atoms with Crippen molar-refractivity contribution in [3.05, 3.63) is 47.8 Å². The zero-order valence-corrected chi connectivity index (χ0v) is 15.8. The molecular weight excluding hydrogens is 310 g/mol. The van der Waals surface area contributed by atoms with Crippen molar-refractivity contribution < 1.29 is 4.90 Å². The van der Waals surface area contributed by atoms with Crippen molar-refractivity contribution in [3.8, 4) is 11.1 Å². The number of benzene rings is 1. The predicted octanol–water partition coefficient (Wildman–Crippen LogP) is 2.38. The van der Waals surface area contributed by atoms with E-state index in [9.17, 15) is 0 Å². The van der Waals surface area contributed by atoms with E-state index in [0.717, 1.165) is 47.1 Å². The van der Waals surface area contributed by atoms with E-state index >= 15 is 0 Å². The summed E-state index contributed by atoms with van der Waals surface area (Å²) in [5, 5.41) is 8.32. The average molecular weight is 338 g/mol. The molecule has 0 radical (unpaired) electrons. The van der Waals surface area contributed by atoms with E-state index in [-0.39, 0.29) is 0 Å². The molecule has 1 aromatic carbocycles. The van der Waals surface area contributed by atoms with Crippen LogP contribution in [0.3, 0.4) is 0 Å². The van der Waals surface area contributed by atoms with Gasteiger partial charge < -0.3 is 10.2 Å². The van der Waals surface area contributed by atoms with E-state index in [0.29, 0.717) is 5.92 Å². The third-order valence-electron chi connectivity index (χ3n) is 4.37. The number of anilines is 1. The van der Waals surface area contributed by atoms with Crippen molar-refractivity contribution in [2.75, 3.05) is 32.5 Å². The van der Waals surface area contributed by atoms with Crippen LogP contribution in [0.1, 0.15) is 31.2 Å². The van der Waals surface area contributed by atoms with Gasteiger partial charge in [0.25, 0.3) is 0 Å².